The normalized spacial score (nSPS) is 19.7. The summed E-state index contributed by atoms with van der Waals surface area (Å²) >= 11 is 0. The van der Waals surface area contributed by atoms with E-state index in [2.05, 4.69) is 4.90 Å². The summed E-state index contributed by atoms with van der Waals surface area (Å²) in [6, 6.07) is 6.18. The third-order valence-corrected chi connectivity index (χ3v) is 5.97. The van der Waals surface area contributed by atoms with Crippen LogP contribution in [0.1, 0.15) is 30.1 Å². The smallest absolute Gasteiger partial charge is 0.338 e. The van der Waals surface area contributed by atoms with Crippen LogP contribution in [-0.4, -0.2) is 63.4 Å². The second kappa shape index (κ2) is 7.42. The summed E-state index contributed by atoms with van der Waals surface area (Å²) in [5.41, 5.74) is 0.357. The molecule has 0 aliphatic carbocycles. The molecule has 2 rings (SSSR count). The molecule has 1 heterocycles. The molecule has 128 valence electrons. The van der Waals surface area contributed by atoms with Gasteiger partial charge in [0.1, 0.15) is 0 Å². The van der Waals surface area contributed by atoms with E-state index in [-0.39, 0.29) is 10.9 Å². The zero-order valence-electron chi connectivity index (χ0n) is 13.9. The molecule has 1 saturated heterocycles. The number of hydrogen-bond donors (Lipinski definition) is 0. The summed E-state index contributed by atoms with van der Waals surface area (Å²) in [6.07, 6.45) is 1.85. The summed E-state index contributed by atoms with van der Waals surface area (Å²) in [4.78, 5) is 13.9. The van der Waals surface area contributed by atoms with E-state index < -0.39 is 16.0 Å². The van der Waals surface area contributed by atoms with E-state index >= 15 is 0 Å². The maximum Gasteiger partial charge on any atom is 0.338 e. The fourth-order valence-electron chi connectivity index (χ4n) is 2.69. The highest BCUT2D eigenvalue weighted by atomic mass is 32.2. The van der Waals surface area contributed by atoms with Crippen molar-refractivity contribution in [2.24, 2.45) is 0 Å². The van der Waals surface area contributed by atoms with Crippen molar-refractivity contribution in [3.63, 3.8) is 0 Å². The first-order valence-corrected chi connectivity index (χ1v) is 9.24. The minimum Gasteiger partial charge on any atom is -0.462 e. The molecule has 7 heteroatoms. The van der Waals surface area contributed by atoms with Gasteiger partial charge in [-0.05, 0) is 58.1 Å². The average Bonchev–Trinajstić information content (AvgIpc) is 2.55. The topological polar surface area (TPSA) is 66.9 Å². The van der Waals surface area contributed by atoms with E-state index in [4.69, 9.17) is 4.74 Å². The molecule has 0 aromatic heterocycles. The highest BCUT2D eigenvalue weighted by Gasteiger charge is 2.31. The van der Waals surface area contributed by atoms with Crippen LogP contribution in [0.15, 0.2) is 29.2 Å². The molecule has 0 amide bonds. The van der Waals surface area contributed by atoms with Crippen molar-refractivity contribution in [1.82, 2.24) is 9.21 Å². The number of esters is 1. The quantitative estimate of drug-likeness (QED) is 0.761. The van der Waals surface area contributed by atoms with Gasteiger partial charge in [0.25, 0.3) is 0 Å². The highest BCUT2D eigenvalue weighted by Crippen LogP contribution is 2.22. The van der Waals surface area contributed by atoms with Crippen LogP contribution < -0.4 is 0 Å². The number of sulfonamides is 1. The van der Waals surface area contributed by atoms with E-state index in [1.54, 1.807) is 6.92 Å². The van der Waals surface area contributed by atoms with Crippen LogP contribution in [-0.2, 0) is 14.8 Å². The molecule has 1 aromatic carbocycles. The number of rotatable bonds is 5. The van der Waals surface area contributed by atoms with E-state index in [1.807, 2.05) is 14.1 Å². The number of carbonyl (C=O) groups is 1. The summed E-state index contributed by atoms with van der Waals surface area (Å²) in [7, 11) is 0.406. The van der Waals surface area contributed by atoms with Crippen molar-refractivity contribution in [2.75, 3.05) is 33.8 Å². The fourth-order valence-corrected chi connectivity index (χ4v) is 4.20. The molecule has 0 radical (unpaired) electrons. The van der Waals surface area contributed by atoms with E-state index in [9.17, 15) is 13.2 Å². The number of nitrogens with zero attached hydrogens (tertiary/aromatic N) is 2. The minimum atomic E-state index is -3.53. The van der Waals surface area contributed by atoms with E-state index in [0.717, 1.165) is 12.8 Å². The van der Waals surface area contributed by atoms with Crippen LogP contribution in [0.3, 0.4) is 0 Å². The van der Waals surface area contributed by atoms with Crippen molar-refractivity contribution in [1.29, 1.82) is 0 Å². The maximum atomic E-state index is 12.8. The molecular formula is C16H24N2O4S. The van der Waals surface area contributed by atoms with Crippen LogP contribution in [0, 0.1) is 0 Å². The number of benzene rings is 1. The van der Waals surface area contributed by atoms with Crippen LogP contribution in [0.2, 0.25) is 0 Å². The van der Waals surface area contributed by atoms with Crippen LogP contribution in [0.5, 0.6) is 0 Å². The van der Waals surface area contributed by atoms with Crippen molar-refractivity contribution >= 4 is 16.0 Å². The molecule has 1 aliphatic heterocycles. The summed E-state index contributed by atoms with van der Waals surface area (Å²) in [5, 5.41) is 0. The van der Waals surface area contributed by atoms with Gasteiger partial charge in [0, 0.05) is 19.1 Å². The van der Waals surface area contributed by atoms with Gasteiger partial charge in [0.05, 0.1) is 17.1 Å². The standard InChI is InChI=1S/C16H24N2O4S/c1-4-22-16(19)13-7-9-15(10-8-13)23(20,21)18-11-5-6-14(12-18)17(2)3/h7-10,14H,4-6,11-12H2,1-3H3. The molecule has 23 heavy (non-hydrogen) atoms. The second-order valence-corrected chi connectivity index (χ2v) is 7.81. The third-order valence-electron chi connectivity index (χ3n) is 4.09. The number of carbonyl (C=O) groups excluding carboxylic acids is 1. The Morgan fingerprint density at radius 1 is 1.30 bits per heavy atom. The van der Waals surface area contributed by atoms with Gasteiger partial charge < -0.3 is 9.64 Å². The zero-order valence-corrected chi connectivity index (χ0v) is 14.7. The summed E-state index contributed by atoms with van der Waals surface area (Å²) in [6.45, 7) is 3.05. The Morgan fingerprint density at radius 2 is 1.96 bits per heavy atom. The minimum absolute atomic E-state index is 0.213. The fraction of sp³-hybridized carbons (Fsp3) is 0.562. The van der Waals surface area contributed by atoms with Gasteiger partial charge in [-0.25, -0.2) is 13.2 Å². The molecule has 1 aliphatic rings. The van der Waals surface area contributed by atoms with E-state index in [1.165, 1.54) is 28.6 Å². The van der Waals surface area contributed by atoms with Gasteiger partial charge in [-0.3, -0.25) is 0 Å². The van der Waals surface area contributed by atoms with Crippen LogP contribution in [0.25, 0.3) is 0 Å². The molecule has 0 saturated carbocycles. The third kappa shape index (κ3) is 4.10. The molecule has 0 N–H and O–H groups in total. The molecule has 0 spiro atoms. The zero-order chi connectivity index (χ0) is 17.0. The largest absolute Gasteiger partial charge is 0.462 e. The average molecular weight is 340 g/mol. The van der Waals surface area contributed by atoms with Gasteiger partial charge in [-0.15, -0.1) is 0 Å². The van der Waals surface area contributed by atoms with Crippen molar-refractivity contribution in [3.05, 3.63) is 29.8 Å². The Kier molecular flexibility index (Phi) is 5.78. The number of piperidine rings is 1. The lowest BCUT2D eigenvalue weighted by Gasteiger charge is -2.35. The van der Waals surface area contributed by atoms with Gasteiger partial charge in [-0.2, -0.15) is 4.31 Å². The first-order valence-electron chi connectivity index (χ1n) is 7.80. The summed E-state index contributed by atoms with van der Waals surface area (Å²) < 4.78 is 31.9. The Morgan fingerprint density at radius 3 is 2.52 bits per heavy atom. The monoisotopic (exact) mass is 340 g/mol. The van der Waals surface area contributed by atoms with E-state index in [0.29, 0.717) is 25.3 Å². The summed E-state index contributed by atoms with van der Waals surface area (Å²) in [5.74, 6) is -0.443. The van der Waals surface area contributed by atoms with Crippen LogP contribution >= 0.6 is 0 Å². The first kappa shape index (κ1) is 17.9. The molecule has 1 atom stereocenters. The lowest BCUT2D eigenvalue weighted by atomic mass is 10.1. The number of likely N-dealkylation sites (N-methyl/N-ethyl adjacent to an activating group) is 1. The second-order valence-electron chi connectivity index (χ2n) is 5.87. The lowest BCUT2D eigenvalue weighted by Crippen LogP contribution is -2.47. The molecule has 1 fully saturated rings. The maximum absolute atomic E-state index is 12.8. The predicted octanol–water partition coefficient (Wildman–Crippen LogP) is 1.58. The van der Waals surface area contributed by atoms with Gasteiger partial charge in [0.2, 0.25) is 10.0 Å². The Balaban J connectivity index is 2.17. The molecular weight excluding hydrogens is 316 g/mol. The van der Waals surface area contributed by atoms with Crippen molar-refractivity contribution < 1.29 is 17.9 Å². The molecule has 6 nitrogen and oxygen atoms in total. The van der Waals surface area contributed by atoms with Gasteiger partial charge in [-0.1, -0.05) is 0 Å². The van der Waals surface area contributed by atoms with Crippen molar-refractivity contribution in [2.45, 2.75) is 30.7 Å². The van der Waals surface area contributed by atoms with Gasteiger partial charge in [0.15, 0.2) is 0 Å². The lowest BCUT2D eigenvalue weighted by molar-refractivity contribution is 0.0526. The molecule has 1 unspecified atom stereocenters. The highest BCUT2D eigenvalue weighted by molar-refractivity contribution is 7.89. The predicted molar refractivity (Wildman–Crippen MR) is 87.9 cm³/mol. The molecule has 1 aromatic rings. The van der Waals surface area contributed by atoms with Crippen molar-refractivity contribution in [3.8, 4) is 0 Å². The Bertz CT molecular complexity index is 641. The SMILES string of the molecule is CCOC(=O)c1ccc(S(=O)(=O)N2CCCC(N(C)C)C2)cc1. The van der Waals surface area contributed by atoms with Crippen LogP contribution in [0.4, 0.5) is 0 Å². The van der Waals surface area contributed by atoms with Gasteiger partial charge >= 0.3 is 5.97 Å². The first-order chi connectivity index (χ1) is 10.9. The number of hydrogen-bond acceptors (Lipinski definition) is 5. The Hall–Kier alpha value is -1.44. The molecule has 0 bridgehead atoms. The number of ether oxygens (including phenoxy) is 1. The Labute approximate surface area is 138 Å².